The van der Waals surface area contributed by atoms with Crippen LogP contribution in [0.1, 0.15) is 26.3 Å². The van der Waals surface area contributed by atoms with Gasteiger partial charge in [0.25, 0.3) is 0 Å². The van der Waals surface area contributed by atoms with Gasteiger partial charge < -0.3 is 5.73 Å². The van der Waals surface area contributed by atoms with E-state index in [4.69, 9.17) is 17.3 Å². The van der Waals surface area contributed by atoms with Crippen LogP contribution in [0.4, 0.5) is 4.39 Å². The number of halogens is 2. The van der Waals surface area contributed by atoms with Gasteiger partial charge in [-0.2, -0.15) is 0 Å². The highest BCUT2D eigenvalue weighted by molar-refractivity contribution is 6.30. The van der Waals surface area contributed by atoms with E-state index in [9.17, 15) is 9.18 Å². The molecule has 2 nitrogen and oxygen atoms in total. The van der Waals surface area contributed by atoms with Crippen molar-refractivity contribution < 1.29 is 9.18 Å². The molecule has 0 fully saturated rings. The summed E-state index contributed by atoms with van der Waals surface area (Å²) in [5.41, 5.74) is 5.79. The number of Topliss-reactive ketones (excluding diaryl/α,β-unsaturated/α-hetero) is 1. The zero-order valence-corrected chi connectivity index (χ0v) is 11.0. The average Bonchev–Trinajstić information content (AvgIpc) is 2.21. The number of hydrogen-bond acceptors (Lipinski definition) is 2. The molecule has 17 heavy (non-hydrogen) atoms. The molecule has 0 heterocycles. The van der Waals surface area contributed by atoms with Crippen molar-refractivity contribution in [1.82, 2.24) is 0 Å². The molecule has 0 aromatic heterocycles. The van der Waals surface area contributed by atoms with E-state index in [1.807, 2.05) is 20.8 Å². The number of ketones is 1. The average molecular weight is 258 g/mol. The van der Waals surface area contributed by atoms with Crippen molar-refractivity contribution in [2.24, 2.45) is 11.1 Å². The smallest absolute Gasteiger partial charge is 0.154 e. The molecule has 0 aliphatic heterocycles. The van der Waals surface area contributed by atoms with Crippen LogP contribution in [-0.2, 0) is 11.2 Å². The summed E-state index contributed by atoms with van der Waals surface area (Å²) in [6.45, 7) is 5.64. The predicted octanol–water partition coefficient (Wildman–Crippen LogP) is 2.96. The zero-order valence-electron chi connectivity index (χ0n) is 10.3. The minimum atomic E-state index is -0.610. The van der Waals surface area contributed by atoms with Gasteiger partial charge in [0.05, 0.1) is 6.04 Å². The summed E-state index contributed by atoms with van der Waals surface area (Å²) < 4.78 is 13.4. The first-order valence-electron chi connectivity index (χ1n) is 5.44. The number of carbonyl (C=O) groups is 1. The minimum Gasteiger partial charge on any atom is -0.321 e. The fourth-order valence-electron chi connectivity index (χ4n) is 1.46. The molecule has 0 saturated heterocycles. The van der Waals surface area contributed by atoms with Crippen LogP contribution in [0, 0.1) is 11.2 Å². The summed E-state index contributed by atoms with van der Waals surface area (Å²) in [5, 5.41) is 0.415. The highest BCUT2D eigenvalue weighted by atomic mass is 35.5. The van der Waals surface area contributed by atoms with Gasteiger partial charge in [-0.1, -0.05) is 32.4 Å². The van der Waals surface area contributed by atoms with Crippen LogP contribution in [-0.4, -0.2) is 11.8 Å². The fraction of sp³-hybridized carbons (Fsp3) is 0.462. The van der Waals surface area contributed by atoms with E-state index in [1.54, 1.807) is 0 Å². The molecule has 1 unspecified atom stereocenters. The molecule has 0 aliphatic carbocycles. The Labute approximate surface area is 106 Å². The van der Waals surface area contributed by atoms with Gasteiger partial charge in [0.15, 0.2) is 5.78 Å². The first-order valence-corrected chi connectivity index (χ1v) is 5.82. The second-order valence-electron chi connectivity index (χ2n) is 5.22. The fourth-order valence-corrected chi connectivity index (χ4v) is 1.65. The molecule has 0 saturated carbocycles. The Morgan fingerprint density at radius 1 is 1.47 bits per heavy atom. The normalized spacial score (nSPS) is 13.5. The molecule has 1 rings (SSSR count). The standard InChI is InChI=1S/C13H17ClFNO/c1-13(2,3)12(16)11(17)7-8-6-9(14)4-5-10(8)15/h4-6,12H,7,16H2,1-3H3. The number of hydrogen-bond donors (Lipinski definition) is 1. The molecule has 1 aromatic rings. The first-order chi connectivity index (χ1) is 7.71. The monoisotopic (exact) mass is 257 g/mol. The van der Waals surface area contributed by atoms with Crippen LogP contribution in [0.3, 0.4) is 0 Å². The van der Waals surface area contributed by atoms with E-state index < -0.39 is 11.9 Å². The number of nitrogens with two attached hydrogens (primary N) is 1. The van der Waals surface area contributed by atoms with E-state index >= 15 is 0 Å². The Morgan fingerprint density at radius 2 is 2.06 bits per heavy atom. The second kappa shape index (κ2) is 5.15. The molecule has 0 radical (unpaired) electrons. The van der Waals surface area contributed by atoms with E-state index in [0.717, 1.165) is 0 Å². The zero-order chi connectivity index (χ0) is 13.2. The van der Waals surface area contributed by atoms with Crippen molar-refractivity contribution in [1.29, 1.82) is 0 Å². The van der Waals surface area contributed by atoms with Gasteiger partial charge >= 0.3 is 0 Å². The van der Waals surface area contributed by atoms with Crippen molar-refractivity contribution in [2.75, 3.05) is 0 Å². The lowest BCUT2D eigenvalue weighted by Crippen LogP contribution is -2.43. The maximum atomic E-state index is 13.4. The van der Waals surface area contributed by atoms with E-state index in [-0.39, 0.29) is 17.6 Å². The number of rotatable bonds is 3. The lowest BCUT2D eigenvalue weighted by Gasteiger charge is -2.25. The first kappa shape index (κ1) is 14.1. The van der Waals surface area contributed by atoms with Crippen molar-refractivity contribution in [3.63, 3.8) is 0 Å². The lowest BCUT2D eigenvalue weighted by atomic mass is 9.83. The SMILES string of the molecule is CC(C)(C)C(N)C(=O)Cc1cc(Cl)ccc1F. The Bertz CT molecular complexity index is 426. The molecular formula is C13H17ClFNO. The summed E-state index contributed by atoms with van der Waals surface area (Å²) in [6.07, 6.45) is -0.0230. The summed E-state index contributed by atoms with van der Waals surface area (Å²) >= 11 is 5.76. The molecule has 4 heteroatoms. The maximum Gasteiger partial charge on any atom is 0.154 e. The molecule has 2 N–H and O–H groups in total. The van der Waals surface area contributed by atoms with E-state index in [0.29, 0.717) is 10.6 Å². The van der Waals surface area contributed by atoms with Crippen molar-refractivity contribution in [3.8, 4) is 0 Å². The summed E-state index contributed by atoms with van der Waals surface area (Å²) in [4.78, 5) is 11.9. The molecule has 94 valence electrons. The van der Waals surface area contributed by atoms with Crippen LogP contribution in [0.15, 0.2) is 18.2 Å². The highest BCUT2D eigenvalue weighted by Crippen LogP contribution is 2.21. The van der Waals surface area contributed by atoms with Gasteiger partial charge in [-0.05, 0) is 29.2 Å². The van der Waals surface area contributed by atoms with Gasteiger partial charge in [-0.15, -0.1) is 0 Å². The summed E-state index contributed by atoms with van der Waals surface area (Å²) in [7, 11) is 0. The van der Waals surface area contributed by atoms with Gasteiger partial charge in [-0.3, -0.25) is 4.79 Å². The van der Waals surface area contributed by atoms with Crippen LogP contribution in [0.2, 0.25) is 5.02 Å². The Kier molecular flexibility index (Phi) is 4.28. The Balaban J connectivity index is 2.85. The topological polar surface area (TPSA) is 43.1 Å². The second-order valence-corrected chi connectivity index (χ2v) is 5.66. The molecule has 0 bridgehead atoms. The lowest BCUT2D eigenvalue weighted by molar-refractivity contribution is -0.121. The minimum absolute atomic E-state index is 0.0230. The van der Waals surface area contributed by atoms with Gasteiger partial charge in [0.1, 0.15) is 5.82 Å². The Morgan fingerprint density at radius 3 is 2.59 bits per heavy atom. The van der Waals surface area contributed by atoms with Gasteiger partial charge in [0, 0.05) is 11.4 Å². The van der Waals surface area contributed by atoms with Crippen LogP contribution in [0.5, 0.6) is 0 Å². The molecule has 1 aromatic carbocycles. The summed E-state index contributed by atoms with van der Waals surface area (Å²) in [6, 6.07) is 3.56. The third kappa shape index (κ3) is 3.79. The third-order valence-electron chi connectivity index (χ3n) is 2.65. The van der Waals surface area contributed by atoms with Crippen molar-refractivity contribution in [3.05, 3.63) is 34.6 Å². The molecule has 0 aliphatic rings. The Hall–Kier alpha value is -0.930. The molecule has 0 spiro atoms. The van der Waals surface area contributed by atoms with Gasteiger partial charge in [-0.25, -0.2) is 4.39 Å². The van der Waals surface area contributed by atoms with Crippen LogP contribution >= 0.6 is 11.6 Å². The summed E-state index contributed by atoms with van der Waals surface area (Å²) in [5.74, 6) is -0.609. The highest BCUT2D eigenvalue weighted by Gasteiger charge is 2.27. The van der Waals surface area contributed by atoms with Gasteiger partial charge in [0.2, 0.25) is 0 Å². The number of carbonyl (C=O) groups excluding carboxylic acids is 1. The largest absolute Gasteiger partial charge is 0.321 e. The van der Waals surface area contributed by atoms with Crippen LogP contribution in [0.25, 0.3) is 0 Å². The van der Waals surface area contributed by atoms with Crippen molar-refractivity contribution in [2.45, 2.75) is 33.2 Å². The maximum absolute atomic E-state index is 13.4. The molecule has 1 atom stereocenters. The molecular weight excluding hydrogens is 241 g/mol. The van der Waals surface area contributed by atoms with Crippen LogP contribution < -0.4 is 5.73 Å². The molecule has 0 amide bonds. The van der Waals surface area contributed by atoms with Crippen molar-refractivity contribution >= 4 is 17.4 Å². The predicted molar refractivity (Wildman–Crippen MR) is 67.6 cm³/mol. The third-order valence-corrected chi connectivity index (χ3v) is 2.89. The van der Waals surface area contributed by atoms with E-state index in [2.05, 4.69) is 0 Å². The van der Waals surface area contributed by atoms with E-state index in [1.165, 1.54) is 18.2 Å². The quantitative estimate of drug-likeness (QED) is 0.905. The number of benzene rings is 1.